The van der Waals surface area contributed by atoms with Crippen LogP contribution in [0.25, 0.3) is 22.3 Å². The summed E-state index contributed by atoms with van der Waals surface area (Å²) in [4.78, 5) is 38.0. The molecule has 1 aliphatic heterocycles. The Morgan fingerprint density at radius 2 is 1.76 bits per heavy atom. The highest BCUT2D eigenvalue weighted by molar-refractivity contribution is 6.07. The number of amides is 2. The van der Waals surface area contributed by atoms with Crippen LogP contribution < -0.4 is 5.43 Å². The van der Waals surface area contributed by atoms with E-state index in [-0.39, 0.29) is 23.7 Å². The Hall–Kier alpha value is -3.21. The topological polar surface area (TPSA) is 67.6 Å². The first kappa shape index (κ1) is 15.3. The lowest BCUT2D eigenvalue weighted by molar-refractivity contribution is -0.137. The molecule has 1 fully saturated rings. The average Bonchev–Trinajstić information content (AvgIpc) is 2.89. The summed E-state index contributed by atoms with van der Waals surface area (Å²) in [6, 6.07) is 16.0. The zero-order chi connectivity index (χ0) is 17.6. The molecule has 0 aliphatic carbocycles. The first-order valence-electron chi connectivity index (χ1n) is 7.99. The Bertz CT molecular complexity index is 1050. The van der Waals surface area contributed by atoms with Gasteiger partial charge in [0.25, 0.3) is 0 Å². The van der Waals surface area contributed by atoms with Crippen molar-refractivity contribution in [1.82, 2.24) is 4.90 Å². The number of likely N-dealkylation sites (tertiary alicyclic amines) is 1. The van der Waals surface area contributed by atoms with E-state index in [2.05, 4.69) is 0 Å². The highest BCUT2D eigenvalue weighted by atomic mass is 16.3. The Balaban J connectivity index is 1.90. The van der Waals surface area contributed by atoms with Gasteiger partial charge in [-0.05, 0) is 11.6 Å². The van der Waals surface area contributed by atoms with Crippen molar-refractivity contribution in [3.8, 4) is 11.3 Å². The zero-order valence-corrected chi connectivity index (χ0v) is 13.6. The summed E-state index contributed by atoms with van der Waals surface area (Å²) >= 11 is 0. The van der Waals surface area contributed by atoms with Crippen LogP contribution in [0, 0.1) is 0 Å². The van der Waals surface area contributed by atoms with Crippen molar-refractivity contribution in [3.05, 3.63) is 70.4 Å². The molecule has 1 aromatic heterocycles. The van der Waals surface area contributed by atoms with Crippen molar-refractivity contribution in [2.24, 2.45) is 0 Å². The van der Waals surface area contributed by atoms with Crippen LogP contribution in [0.4, 0.5) is 0 Å². The fraction of sp³-hybridized carbons (Fsp3) is 0.150. The van der Waals surface area contributed by atoms with Crippen LogP contribution in [0.3, 0.4) is 0 Å². The van der Waals surface area contributed by atoms with Gasteiger partial charge in [0.05, 0.1) is 11.3 Å². The molecule has 4 rings (SSSR count). The van der Waals surface area contributed by atoms with Gasteiger partial charge in [-0.1, -0.05) is 42.5 Å². The average molecular weight is 333 g/mol. The van der Waals surface area contributed by atoms with Crippen LogP contribution in [-0.2, 0) is 9.59 Å². The van der Waals surface area contributed by atoms with Crippen LogP contribution in [0.15, 0.2) is 63.8 Å². The number of nitrogens with zero attached hydrogens (tertiary/aromatic N) is 1. The standard InChI is InChI=1S/C20H15NO4/c1-21-18(23)10-14(20(21)24)13-8-5-9-16-19(13)15(22)11-17(25-16)12-6-3-2-4-7-12/h2-9,11,14H,10H2,1H3. The number of fused-ring (bicyclic) bond motifs is 1. The number of benzene rings is 2. The molecule has 2 heterocycles. The van der Waals surface area contributed by atoms with E-state index in [9.17, 15) is 14.4 Å². The largest absolute Gasteiger partial charge is 0.456 e. The van der Waals surface area contributed by atoms with Crippen LogP contribution in [0.5, 0.6) is 0 Å². The summed E-state index contributed by atoms with van der Waals surface area (Å²) in [5, 5.41) is 0.364. The number of hydrogen-bond acceptors (Lipinski definition) is 4. The Kier molecular flexibility index (Phi) is 3.50. The minimum absolute atomic E-state index is 0.0777. The highest BCUT2D eigenvalue weighted by Crippen LogP contribution is 2.33. The third-order valence-corrected chi connectivity index (χ3v) is 4.60. The second-order valence-corrected chi connectivity index (χ2v) is 6.11. The molecule has 0 saturated carbocycles. The van der Waals surface area contributed by atoms with Crippen molar-refractivity contribution in [3.63, 3.8) is 0 Å². The fourth-order valence-electron chi connectivity index (χ4n) is 3.27. The molecule has 0 spiro atoms. The van der Waals surface area contributed by atoms with Gasteiger partial charge in [-0.3, -0.25) is 19.3 Å². The quantitative estimate of drug-likeness (QED) is 0.676. The van der Waals surface area contributed by atoms with Gasteiger partial charge >= 0.3 is 0 Å². The maximum Gasteiger partial charge on any atom is 0.236 e. The van der Waals surface area contributed by atoms with Gasteiger partial charge < -0.3 is 4.42 Å². The number of rotatable bonds is 2. The van der Waals surface area contributed by atoms with Gasteiger partial charge in [0.2, 0.25) is 11.8 Å². The Morgan fingerprint density at radius 1 is 1.00 bits per heavy atom. The summed E-state index contributed by atoms with van der Waals surface area (Å²) < 4.78 is 5.91. The molecule has 1 saturated heterocycles. The van der Waals surface area contributed by atoms with Gasteiger partial charge in [0.15, 0.2) is 5.43 Å². The molecule has 2 amide bonds. The lowest BCUT2D eigenvalue weighted by atomic mass is 9.93. The maximum atomic E-state index is 12.8. The second-order valence-electron chi connectivity index (χ2n) is 6.11. The SMILES string of the molecule is CN1C(=O)CC(c2cccc3oc(-c4ccccc4)cc(=O)c23)C1=O. The van der Waals surface area contributed by atoms with Crippen molar-refractivity contribution < 1.29 is 14.0 Å². The molecule has 1 aliphatic rings. The lowest BCUT2D eigenvalue weighted by Crippen LogP contribution is -2.25. The monoisotopic (exact) mass is 333 g/mol. The van der Waals surface area contributed by atoms with Crippen LogP contribution >= 0.6 is 0 Å². The molecule has 0 radical (unpaired) electrons. The number of imide groups is 1. The normalized spacial score (nSPS) is 17.5. The lowest BCUT2D eigenvalue weighted by Gasteiger charge is -2.12. The van der Waals surface area contributed by atoms with Crippen molar-refractivity contribution in [1.29, 1.82) is 0 Å². The molecule has 124 valence electrons. The zero-order valence-electron chi connectivity index (χ0n) is 13.6. The maximum absolute atomic E-state index is 12.8. The van der Waals surface area contributed by atoms with E-state index in [1.54, 1.807) is 18.2 Å². The minimum Gasteiger partial charge on any atom is -0.456 e. The number of carbonyl (C=O) groups excluding carboxylic acids is 2. The molecule has 25 heavy (non-hydrogen) atoms. The predicted molar refractivity (Wildman–Crippen MR) is 93.1 cm³/mol. The summed E-state index contributed by atoms with van der Waals surface area (Å²) in [6.45, 7) is 0. The highest BCUT2D eigenvalue weighted by Gasteiger charge is 2.38. The van der Waals surface area contributed by atoms with Crippen LogP contribution in [-0.4, -0.2) is 23.8 Å². The molecule has 1 unspecified atom stereocenters. The molecule has 5 heteroatoms. The molecule has 5 nitrogen and oxygen atoms in total. The second kappa shape index (κ2) is 5.70. The van der Waals surface area contributed by atoms with Crippen molar-refractivity contribution in [2.75, 3.05) is 7.05 Å². The Labute approximate surface area is 143 Å². The number of likely N-dealkylation sites (N-methyl/N-ethyl adjacent to an activating group) is 1. The summed E-state index contributed by atoms with van der Waals surface area (Å²) in [5.74, 6) is -0.686. The molecule has 0 bridgehead atoms. The third kappa shape index (κ3) is 2.45. The molecular weight excluding hydrogens is 318 g/mol. The minimum atomic E-state index is -0.633. The third-order valence-electron chi connectivity index (χ3n) is 4.60. The molecular formula is C20H15NO4. The first-order chi connectivity index (χ1) is 12.1. The van der Waals surface area contributed by atoms with E-state index in [0.717, 1.165) is 10.5 Å². The number of hydrogen-bond donors (Lipinski definition) is 0. The molecule has 2 aromatic carbocycles. The number of carbonyl (C=O) groups is 2. The van der Waals surface area contributed by atoms with Gasteiger partial charge in [-0.2, -0.15) is 0 Å². The van der Waals surface area contributed by atoms with Crippen molar-refractivity contribution in [2.45, 2.75) is 12.3 Å². The van der Waals surface area contributed by atoms with E-state index in [0.29, 0.717) is 22.3 Å². The van der Waals surface area contributed by atoms with Crippen molar-refractivity contribution >= 4 is 22.8 Å². The molecule has 1 atom stereocenters. The van der Waals surface area contributed by atoms with E-state index in [1.807, 2.05) is 30.3 Å². The summed E-state index contributed by atoms with van der Waals surface area (Å²) in [5.41, 5.74) is 1.55. The van der Waals surface area contributed by atoms with Gasteiger partial charge in [0, 0.05) is 25.1 Å². The van der Waals surface area contributed by atoms with Crippen LogP contribution in [0.2, 0.25) is 0 Å². The van der Waals surface area contributed by atoms with E-state index >= 15 is 0 Å². The van der Waals surface area contributed by atoms with E-state index in [1.165, 1.54) is 13.1 Å². The molecule has 3 aromatic rings. The summed E-state index contributed by atoms with van der Waals surface area (Å²) in [7, 11) is 1.46. The summed E-state index contributed by atoms with van der Waals surface area (Å²) in [6.07, 6.45) is 0.0777. The smallest absolute Gasteiger partial charge is 0.236 e. The van der Waals surface area contributed by atoms with Crippen LogP contribution in [0.1, 0.15) is 17.9 Å². The predicted octanol–water partition coefficient (Wildman–Crippen LogP) is 2.93. The van der Waals surface area contributed by atoms with E-state index in [4.69, 9.17) is 4.42 Å². The van der Waals surface area contributed by atoms with Gasteiger partial charge in [0.1, 0.15) is 11.3 Å². The van der Waals surface area contributed by atoms with Gasteiger partial charge in [-0.25, -0.2) is 0 Å². The Morgan fingerprint density at radius 3 is 2.44 bits per heavy atom. The first-order valence-corrected chi connectivity index (χ1v) is 7.99. The fourth-order valence-corrected chi connectivity index (χ4v) is 3.27. The molecule has 0 N–H and O–H groups in total. The van der Waals surface area contributed by atoms with Gasteiger partial charge in [-0.15, -0.1) is 0 Å². The van der Waals surface area contributed by atoms with E-state index < -0.39 is 5.92 Å².